The number of nitrogens with zero attached hydrogens (tertiary/aromatic N) is 5. The van der Waals surface area contributed by atoms with E-state index in [9.17, 15) is 23.8 Å². The summed E-state index contributed by atoms with van der Waals surface area (Å²) >= 11 is 0. The van der Waals surface area contributed by atoms with Crippen LogP contribution in [0.1, 0.15) is 11.1 Å². The van der Waals surface area contributed by atoms with Crippen LogP contribution in [0.4, 0.5) is 33.4 Å². The number of amides is 2. The molecule has 2 amide bonds. The molecule has 266 valence electrons. The summed E-state index contributed by atoms with van der Waals surface area (Å²) in [5, 5.41) is 17.4. The molecule has 2 saturated heterocycles. The Hall–Kier alpha value is -5.32. The van der Waals surface area contributed by atoms with Crippen molar-refractivity contribution in [3.05, 3.63) is 114 Å². The van der Waals surface area contributed by atoms with E-state index in [0.29, 0.717) is 35.7 Å². The third kappa shape index (κ3) is 7.43. The molecule has 1 aromatic heterocycles. The predicted molar refractivity (Wildman–Crippen MR) is 200 cm³/mol. The van der Waals surface area contributed by atoms with Crippen molar-refractivity contribution in [1.29, 1.82) is 0 Å². The summed E-state index contributed by atoms with van der Waals surface area (Å²) in [6.45, 7) is 6.33. The zero-order valence-electron chi connectivity index (χ0n) is 27.8. The standard InChI is InChI=1S/C36H40N8O6S/c45-35-33(39-28-7-11-31(12-8-28)42-20-22-50-23-21-42)34(27-4-2-1-3-5-27)51(48,49)43(35)25-26-6-15-32(38-24-26)44(36(46)47)40-29-9-13-30(14-10-29)41-18-16-37-17-19-41/h1-15,24,37,39-40,48-49H,16-23,25H2,(H,46,47). The number of morpholine rings is 1. The number of benzene rings is 3. The van der Waals surface area contributed by atoms with Crippen molar-refractivity contribution in [3.63, 3.8) is 0 Å². The molecule has 3 aliphatic rings. The highest BCUT2D eigenvalue weighted by molar-refractivity contribution is 8.31. The van der Waals surface area contributed by atoms with Crippen molar-refractivity contribution in [1.82, 2.24) is 14.6 Å². The Labute approximate surface area is 297 Å². The van der Waals surface area contributed by atoms with Crippen LogP contribution >= 0.6 is 10.8 Å². The molecule has 4 heterocycles. The number of hydrogen-bond acceptors (Lipinski definition) is 11. The third-order valence-electron chi connectivity index (χ3n) is 8.94. The molecule has 0 bridgehead atoms. The van der Waals surface area contributed by atoms with E-state index in [-0.39, 0.29) is 23.0 Å². The molecule has 0 aliphatic carbocycles. The summed E-state index contributed by atoms with van der Waals surface area (Å²) in [7, 11) is -3.79. The number of pyridine rings is 1. The number of carboxylic acid groups (broad SMARTS) is 1. The number of rotatable bonds is 10. The topological polar surface area (TPSA) is 166 Å². The van der Waals surface area contributed by atoms with Gasteiger partial charge in [0.05, 0.1) is 25.4 Å². The van der Waals surface area contributed by atoms with Crippen LogP contribution in [0.3, 0.4) is 0 Å². The van der Waals surface area contributed by atoms with Gasteiger partial charge in [-0.05, 0) is 60.2 Å². The number of anilines is 5. The summed E-state index contributed by atoms with van der Waals surface area (Å²) in [4.78, 5) is 35.1. The van der Waals surface area contributed by atoms with Crippen LogP contribution in [0.25, 0.3) is 4.91 Å². The molecule has 4 aromatic rings. The highest BCUT2D eigenvalue weighted by Crippen LogP contribution is 2.62. The summed E-state index contributed by atoms with van der Waals surface area (Å²) < 4.78 is 29.8. The highest BCUT2D eigenvalue weighted by atomic mass is 32.3. The second-order valence-corrected chi connectivity index (χ2v) is 14.1. The van der Waals surface area contributed by atoms with Crippen molar-refractivity contribution in [2.75, 3.05) is 78.0 Å². The third-order valence-corrected chi connectivity index (χ3v) is 10.8. The second-order valence-electron chi connectivity index (χ2n) is 12.2. The normalized spacial score (nSPS) is 18.1. The number of aromatic nitrogens is 1. The summed E-state index contributed by atoms with van der Waals surface area (Å²) in [5.74, 6) is -0.490. The molecule has 0 saturated carbocycles. The number of carbonyl (C=O) groups excluding carboxylic acids is 1. The maximum absolute atomic E-state index is 14.0. The maximum Gasteiger partial charge on any atom is 0.432 e. The first-order valence-corrected chi connectivity index (χ1v) is 18.2. The van der Waals surface area contributed by atoms with Gasteiger partial charge in [-0.15, -0.1) is 0 Å². The lowest BCUT2D eigenvalue weighted by atomic mass is 10.1. The maximum atomic E-state index is 14.0. The average molecular weight is 713 g/mol. The van der Waals surface area contributed by atoms with Gasteiger partial charge in [0.2, 0.25) is 0 Å². The zero-order chi connectivity index (χ0) is 35.4. The minimum absolute atomic E-state index is 0.0640. The summed E-state index contributed by atoms with van der Waals surface area (Å²) in [6.07, 6.45) is 0.150. The van der Waals surface area contributed by atoms with Crippen molar-refractivity contribution in [3.8, 4) is 0 Å². The van der Waals surface area contributed by atoms with Crippen LogP contribution in [0.5, 0.6) is 0 Å². The Bertz CT molecular complexity index is 1860. The fourth-order valence-corrected chi connectivity index (χ4v) is 8.02. The Balaban J connectivity index is 1.08. The fraction of sp³-hybridized carbons (Fsp3) is 0.250. The van der Waals surface area contributed by atoms with Gasteiger partial charge >= 0.3 is 6.09 Å². The van der Waals surface area contributed by atoms with Gasteiger partial charge in [0.15, 0.2) is 5.82 Å². The van der Waals surface area contributed by atoms with Crippen LogP contribution in [-0.4, -0.2) is 88.0 Å². The Morgan fingerprint density at radius 2 is 1.47 bits per heavy atom. The van der Waals surface area contributed by atoms with Gasteiger partial charge in [-0.1, -0.05) is 47.2 Å². The molecule has 0 atom stereocenters. The molecule has 7 rings (SSSR count). The van der Waals surface area contributed by atoms with E-state index in [1.165, 1.54) is 12.3 Å². The first kappa shape index (κ1) is 34.1. The Kier molecular flexibility index (Phi) is 9.96. The first-order valence-electron chi connectivity index (χ1n) is 16.7. The van der Waals surface area contributed by atoms with Gasteiger partial charge in [-0.2, -0.15) is 5.01 Å². The lowest BCUT2D eigenvalue weighted by Gasteiger charge is -2.38. The number of piperazine rings is 1. The van der Waals surface area contributed by atoms with Crippen molar-refractivity contribution >= 4 is 56.2 Å². The van der Waals surface area contributed by atoms with E-state index in [0.717, 1.165) is 60.0 Å². The van der Waals surface area contributed by atoms with Gasteiger partial charge in [0.1, 0.15) is 10.6 Å². The van der Waals surface area contributed by atoms with E-state index in [1.54, 1.807) is 30.3 Å². The van der Waals surface area contributed by atoms with Crippen molar-refractivity contribution in [2.24, 2.45) is 0 Å². The van der Waals surface area contributed by atoms with Crippen molar-refractivity contribution in [2.45, 2.75) is 6.54 Å². The summed E-state index contributed by atoms with van der Waals surface area (Å²) in [5.41, 5.74) is 7.19. The van der Waals surface area contributed by atoms with Gasteiger partial charge in [0, 0.05) is 68.1 Å². The van der Waals surface area contributed by atoms with Crippen LogP contribution < -0.4 is 30.9 Å². The number of carbonyl (C=O) groups is 2. The number of hydrogen-bond donors (Lipinski definition) is 6. The molecule has 51 heavy (non-hydrogen) atoms. The Morgan fingerprint density at radius 3 is 2.08 bits per heavy atom. The van der Waals surface area contributed by atoms with E-state index in [4.69, 9.17) is 4.74 Å². The molecular weight excluding hydrogens is 673 g/mol. The van der Waals surface area contributed by atoms with Crippen LogP contribution in [0.15, 0.2) is 103 Å². The van der Waals surface area contributed by atoms with Gasteiger partial charge in [-0.25, -0.2) is 14.1 Å². The largest absolute Gasteiger partial charge is 0.463 e. The molecule has 2 fully saturated rings. The number of nitrogens with one attached hydrogen (secondary N) is 3. The molecule has 6 N–H and O–H groups in total. The molecule has 3 aliphatic heterocycles. The zero-order valence-corrected chi connectivity index (χ0v) is 28.6. The van der Waals surface area contributed by atoms with Crippen LogP contribution in [-0.2, 0) is 16.1 Å². The van der Waals surface area contributed by atoms with Crippen LogP contribution in [0.2, 0.25) is 0 Å². The molecule has 0 radical (unpaired) electrons. The lowest BCUT2D eigenvalue weighted by molar-refractivity contribution is -0.122. The molecule has 0 unspecified atom stereocenters. The predicted octanol–water partition coefficient (Wildman–Crippen LogP) is 5.33. The smallest absolute Gasteiger partial charge is 0.432 e. The minimum atomic E-state index is -3.79. The Morgan fingerprint density at radius 1 is 0.843 bits per heavy atom. The van der Waals surface area contributed by atoms with Gasteiger partial charge in [0.25, 0.3) is 5.91 Å². The van der Waals surface area contributed by atoms with Crippen molar-refractivity contribution < 1.29 is 28.5 Å². The van der Waals surface area contributed by atoms with E-state index >= 15 is 0 Å². The van der Waals surface area contributed by atoms with Crippen LogP contribution in [0, 0.1) is 0 Å². The lowest BCUT2D eigenvalue weighted by Crippen LogP contribution is -2.43. The van der Waals surface area contributed by atoms with Gasteiger partial charge < -0.3 is 30.3 Å². The first-order chi connectivity index (χ1) is 24.8. The average Bonchev–Trinajstić information content (AvgIpc) is 3.35. The highest BCUT2D eigenvalue weighted by Gasteiger charge is 2.45. The molecule has 3 aromatic carbocycles. The fourth-order valence-electron chi connectivity index (χ4n) is 6.28. The molecule has 15 heteroatoms. The minimum Gasteiger partial charge on any atom is -0.463 e. The molecule has 0 spiro atoms. The van der Waals surface area contributed by atoms with E-state index in [1.807, 2.05) is 54.6 Å². The number of ether oxygens (including phenoxy) is 1. The van der Waals surface area contributed by atoms with Gasteiger partial charge in [-0.3, -0.25) is 19.3 Å². The monoisotopic (exact) mass is 712 g/mol. The van der Waals surface area contributed by atoms with E-state index < -0.39 is 22.8 Å². The second kappa shape index (κ2) is 14.9. The quantitative estimate of drug-likeness (QED) is 0.117. The summed E-state index contributed by atoms with van der Waals surface area (Å²) in [6, 6.07) is 27.0. The molecular formula is C36H40N8O6S. The van der Waals surface area contributed by atoms with E-state index in [2.05, 4.69) is 30.8 Å². The SMILES string of the molecule is O=C(O)N(Nc1ccc(N2CCNCC2)cc1)c1ccc(CN2C(=O)C(Nc3ccc(N4CCOCC4)cc3)=C(c3ccccc3)S2(O)O)cn1. The molecule has 14 nitrogen and oxygen atoms in total. The number of hydrazine groups is 1.